The van der Waals surface area contributed by atoms with Crippen LogP contribution in [-0.4, -0.2) is 46.7 Å². The van der Waals surface area contributed by atoms with Crippen LogP contribution >= 0.6 is 11.6 Å². The van der Waals surface area contributed by atoms with E-state index in [1.54, 1.807) is 22.9 Å². The second kappa shape index (κ2) is 7.40. The van der Waals surface area contributed by atoms with Gasteiger partial charge in [-0.25, -0.2) is 9.37 Å². The predicted octanol–water partition coefficient (Wildman–Crippen LogP) is 4.12. The first-order chi connectivity index (χ1) is 16.0. The zero-order chi connectivity index (χ0) is 22.7. The average Bonchev–Trinajstić information content (AvgIpc) is 3.46. The van der Waals surface area contributed by atoms with Gasteiger partial charge in [0.2, 0.25) is 0 Å². The number of carbonyl (C=O) groups excluding carboxylic acids is 1. The number of carbonyl (C=O) groups is 1. The number of hydrogen-bond donors (Lipinski definition) is 1. The van der Waals surface area contributed by atoms with E-state index < -0.39 is 11.6 Å². The summed E-state index contributed by atoms with van der Waals surface area (Å²) in [7, 11) is 0. The van der Waals surface area contributed by atoms with Crippen molar-refractivity contribution in [2.45, 2.75) is 18.5 Å². The molecule has 0 radical (unpaired) electrons. The number of anilines is 1. The number of ether oxygens (including phenoxy) is 1. The Balaban J connectivity index is 1.70. The first-order valence-corrected chi connectivity index (χ1v) is 11.3. The molecule has 33 heavy (non-hydrogen) atoms. The van der Waals surface area contributed by atoms with Crippen LogP contribution in [0.2, 0.25) is 5.02 Å². The van der Waals surface area contributed by atoms with Crippen LogP contribution in [0.4, 0.5) is 10.1 Å². The Morgan fingerprint density at radius 3 is 2.67 bits per heavy atom. The lowest BCUT2D eigenvalue weighted by Gasteiger charge is -2.29. The lowest BCUT2D eigenvalue weighted by atomic mass is 10.1. The molecule has 0 bridgehead atoms. The van der Waals surface area contributed by atoms with Crippen LogP contribution in [0.1, 0.15) is 29.0 Å². The van der Waals surface area contributed by atoms with Crippen LogP contribution in [0.3, 0.4) is 0 Å². The third-order valence-corrected chi connectivity index (χ3v) is 6.72. The molecule has 1 aliphatic heterocycles. The quantitative estimate of drug-likeness (QED) is 0.490. The fourth-order valence-corrected chi connectivity index (χ4v) is 4.78. The second-order valence-corrected chi connectivity index (χ2v) is 8.93. The number of nitrogens with zero attached hydrogens (tertiary/aromatic N) is 4. The number of imidazole rings is 1. The number of primary amides is 1. The Morgan fingerprint density at radius 1 is 1.15 bits per heavy atom. The summed E-state index contributed by atoms with van der Waals surface area (Å²) in [6.45, 7) is 2.56. The van der Waals surface area contributed by atoms with E-state index in [0.717, 1.165) is 11.1 Å². The van der Waals surface area contributed by atoms with Crippen molar-refractivity contribution >= 4 is 45.1 Å². The molecule has 1 aliphatic carbocycles. The van der Waals surface area contributed by atoms with Gasteiger partial charge in [0.1, 0.15) is 5.52 Å². The van der Waals surface area contributed by atoms with E-state index in [9.17, 15) is 4.79 Å². The topological polar surface area (TPSA) is 86.3 Å². The standard InChI is InChI=1S/C24H21ClFN5O2/c25-17-3-1-2-15-18(4-7-28-20(15)17)31-19-13-14(30-8-10-33-11-9-30)12-16(22(27)32)21(19)29-23(31)24(26)5-6-24/h1-4,7,12-13H,5-6,8-11H2,(H2,27,32). The van der Waals surface area contributed by atoms with Crippen molar-refractivity contribution in [3.8, 4) is 5.69 Å². The Hall–Kier alpha value is -3.23. The highest BCUT2D eigenvalue weighted by atomic mass is 35.5. The third kappa shape index (κ3) is 3.24. The number of halogens is 2. The van der Waals surface area contributed by atoms with Gasteiger partial charge in [0.15, 0.2) is 11.5 Å². The highest BCUT2D eigenvalue weighted by Crippen LogP contribution is 2.51. The summed E-state index contributed by atoms with van der Waals surface area (Å²) in [5.74, 6) is -0.329. The van der Waals surface area contributed by atoms with Crippen LogP contribution in [0.5, 0.6) is 0 Å². The Kier molecular flexibility index (Phi) is 4.57. The second-order valence-electron chi connectivity index (χ2n) is 8.53. The molecule has 168 valence electrons. The van der Waals surface area contributed by atoms with Crippen LogP contribution in [0.25, 0.3) is 27.6 Å². The average molecular weight is 466 g/mol. The lowest BCUT2D eigenvalue weighted by Crippen LogP contribution is -2.36. The smallest absolute Gasteiger partial charge is 0.251 e. The van der Waals surface area contributed by atoms with Crippen molar-refractivity contribution in [2.24, 2.45) is 5.73 Å². The maximum atomic E-state index is 15.6. The van der Waals surface area contributed by atoms with Crippen molar-refractivity contribution in [3.05, 3.63) is 59.0 Å². The summed E-state index contributed by atoms with van der Waals surface area (Å²) in [5.41, 5.74) is 7.65. The van der Waals surface area contributed by atoms with Crippen LogP contribution in [0.15, 0.2) is 42.6 Å². The number of amides is 1. The van der Waals surface area contributed by atoms with Crippen molar-refractivity contribution in [1.29, 1.82) is 0 Å². The largest absolute Gasteiger partial charge is 0.378 e. The van der Waals surface area contributed by atoms with Gasteiger partial charge in [0.05, 0.1) is 40.5 Å². The van der Waals surface area contributed by atoms with E-state index in [1.807, 2.05) is 24.3 Å². The van der Waals surface area contributed by atoms with Gasteiger partial charge in [-0.1, -0.05) is 23.7 Å². The van der Waals surface area contributed by atoms with E-state index in [-0.39, 0.29) is 11.4 Å². The molecule has 2 N–H and O–H groups in total. The van der Waals surface area contributed by atoms with Crippen molar-refractivity contribution in [2.75, 3.05) is 31.2 Å². The van der Waals surface area contributed by atoms with Gasteiger partial charge in [0, 0.05) is 30.4 Å². The van der Waals surface area contributed by atoms with Gasteiger partial charge in [-0.3, -0.25) is 14.3 Å². The molecule has 2 aliphatic rings. The van der Waals surface area contributed by atoms with Crippen LogP contribution in [0, 0.1) is 0 Å². The van der Waals surface area contributed by atoms with Gasteiger partial charge in [-0.15, -0.1) is 0 Å². The number of benzene rings is 2. The van der Waals surface area contributed by atoms with Crippen LogP contribution in [-0.2, 0) is 10.4 Å². The Morgan fingerprint density at radius 2 is 1.94 bits per heavy atom. The number of rotatable bonds is 4. The number of pyridine rings is 1. The highest BCUT2D eigenvalue weighted by molar-refractivity contribution is 6.35. The van der Waals surface area contributed by atoms with E-state index in [0.29, 0.717) is 66.4 Å². The Bertz CT molecular complexity index is 1430. The number of morpholine rings is 1. The summed E-state index contributed by atoms with van der Waals surface area (Å²) in [5, 5.41) is 1.28. The monoisotopic (exact) mass is 465 g/mol. The van der Waals surface area contributed by atoms with Crippen molar-refractivity contribution in [1.82, 2.24) is 14.5 Å². The number of hydrogen-bond acceptors (Lipinski definition) is 5. The van der Waals surface area contributed by atoms with Crippen LogP contribution < -0.4 is 10.6 Å². The highest BCUT2D eigenvalue weighted by Gasteiger charge is 2.50. The van der Waals surface area contributed by atoms with Gasteiger partial charge in [-0.05, 0) is 37.1 Å². The number of para-hydroxylation sites is 1. The minimum absolute atomic E-state index is 0.270. The van der Waals surface area contributed by atoms with Gasteiger partial charge < -0.3 is 15.4 Å². The molecule has 3 heterocycles. The summed E-state index contributed by atoms with van der Waals surface area (Å²) in [6, 6.07) is 11.0. The molecule has 2 fully saturated rings. The summed E-state index contributed by atoms with van der Waals surface area (Å²) in [4.78, 5) is 23.6. The molecule has 4 aromatic rings. The number of nitrogens with two attached hydrogens (primary N) is 1. The van der Waals surface area contributed by atoms with Crippen molar-refractivity contribution < 1.29 is 13.9 Å². The molecule has 2 aromatic carbocycles. The molecule has 0 atom stereocenters. The summed E-state index contributed by atoms with van der Waals surface area (Å²) >= 11 is 6.40. The zero-order valence-electron chi connectivity index (χ0n) is 17.7. The van der Waals surface area contributed by atoms with Gasteiger partial charge in [-0.2, -0.15) is 0 Å². The van der Waals surface area contributed by atoms with Crippen molar-refractivity contribution in [3.63, 3.8) is 0 Å². The minimum atomic E-state index is -1.55. The molecular weight excluding hydrogens is 445 g/mol. The molecule has 0 unspecified atom stereocenters. The summed E-state index contributed by atoms with van der Waals surface area (Å²) < 4.78 is 22.9. The maximum Gasteiger partial charge on any atom is 0.251 e. The third-order valence-electron chi connectivity index (χ3n) is 6.42. The number of fused-ring (bicyclic) bond motifs is 2. The molecule has 1 saturated carbocycles. The predicted molar refractivity (Wildman–Crippen MR) is 125 cm³/mol. The number of alkyl halides is 1. The lowest BCUT2D eigenvalue weighted by molar-refractivity contribution is 0.100. The van der Waals surface area contributed by atoms with E-state index in [4.69, 9.17) is 22.1 Å². The minimum Gasteiger partial charge on any atom is -0.378 e. The first-order valence-electron chi connectivity index (χ1n) is 10.9. The van der Waals surface area contributed by atoms with E-state index in [1.165, 1.54) is 0 Å². The van der Waals surface area contributed by atoms with Gasteiger partial charge in [0.25, 0.3) is 5.91 Å². The van der Waals surface area contributed by atoms with Gasteiger partial charge >= 0.3 is 0 Å². The normalized spacial score (nSPS) is 17.6. The molecule has 1 amide bonds. The van der Waals surface area contributed by atoms with E-state index in [2.05, 4.69) is 14.9 Å². The fraction of sp³-hybridized carbons (Fsp3) is 0.292. The molecular formula is C24H21ClFN5O2. The number of aromatic nitrogens is 3. The summed E-state index contributed by atoms with van der Waals surface area (Å²) in [6.07, 6.45) is 2.41. The fourth-order valence-electron chi connectivity index (χ4n) is 4.55. The first kappa shape index (κ1) is 20.4. The molecule has 7 nitrogen and oxygen atoms in total. The molecule has 0 spiro atoms. The Labute approximate surface area is 193 Å². The van der Waals surface area contributed by atoms with E-state index >= 15 is 4.39 Å². The molecule has 9 heteroatoms. The molecule has 6 rings (SSSR count). The molecule has 1 saturated heterocycles. The maximum absolute atomic E-state index is 15.6. The zero-order valence-corrected chi connectivity index (χ0v) is 18.5. The molecule has 2 aromatic heterocycles. The SMILES string of the molecule is NC(=O)c1cc(N2CCOCC2)cc2c1nc(C1(F)CC1)n2-c1ccnc2c(Cl)cccc12.